The average molecular weight is 277 g/mol. The van der Waals surface area contributed by atoms with Crippen molar-refractivity contribution in [2.45, 2.75) is 33.0 Å². The van der Waals surface area contributed by atoms with E-state index in [-0.39, 0.29) is 0 Å². The molecule has 0 spiro atoms. The van der Waals surface area contributed by atoms with Gasteiger partial charge < -0.3 is 14.7 Å². The van der Waals surface area contributed by atoms with Crippen molar-refractivity contribution in [3.05, 3.63) is 35.9 Å². The Hall–Kier alpha value is -0.900. The number of ether oxygens (including phenoxy) is 1. The first-order valence-corrected chi connectivity index (χ1v) is 7.65. The largest absolute Gasteiger partial charge is 0.389 e. The van der Waals surface area contributed by atoms with Crippen LogP contribution < -0.4 is 0 Å². The van der Waals surface area contributed by atoms with Crippen molar-refractivity contribution in [1.82, 2.24) is 4.90 Å². The van der Waals surface area contributed by atoms with Gasteiger partial charge in [-0.25, -0.2) is 0 Å². The lowest BCUT2D eigenvalue weighted by Crippen LogP contribution is -2.43. The van der Waals surface area contributed by atoms with Gasteiger partial charge in [0.2, 0.25) is 0 Å². The van der Waals surface area contributed by atoms with Gasteiger partial charge in [-0.05, 0) is 23.8 Å². The van der Waals surface area contributed by atoms with Gasteiger partial charge in [-0.15, -0.1) is 0 Å². The zero-order valence-electron chi connectivity index (χ0n) is 12.7. The molecule has 0 amide bonds. The number of benzene rings is 1. The summed E-state index contributed by atoms with van der Waals surface area (Å²) in [7, 11) is 0. The summed E-state index contributed by atoms with van der Waals surface area (Å²) in [5.41, 5.74) is 1.15. The number of β-amino-alcohol motifs (C(OH)–C–C–N with tert-alkyl or cyclic N) is 1. The fourth-order valence-corrected chi connectivity index (χ4v) is 3.18. The molecule has 1 saturated heterocycles. The Kier molecular flexibility index (Phi) is 6.02. The summed E-state index contributed by atoms with van der Waals surface area (Å²) in [6.07, 6.45) is 0.910. The molecule has 1 fully saturated rings. The SMILES string of the molecule is C[C@H]1C[C@H](C)CN(C[C@@H](O)COCc2ccccc2)C1. The minimum Gasteiger partial charge on any atom is -0.389 e. The van der Waals surface area contributed by atoms with Crippen LogP contribution in [0, 0.1) is 11.8 Å². The molecule has 3 heteroatoms. The molecule has 3 atom stereocenters. The Labute approximate surface area is 122 Å². The molecule has 1 aliphatic rings. The Balaban J connectivity index is 1.66. The minimum atomic E-state index is -0.392. The van der Waals surface area contributed by atoms with Gasteiger partial charge in [-0.2, -0.15) is 0 Å². The van der Waals surface area contributed by atoms with Gasteiger partial charge in [0.25, 0.3) is 0 Å². The number of hydrogen-bond donors (Lipinski definition) is 1. The van der Waals surface area contributed by atoms with Crippen LogP contribution in [0.5, 0.6) is 0 Å². The van der Waals surface area contributed by atoms with Crippen LogP contribution in [0.25, 0.3) is 0 Å². The highest BCUT2D eigenvalue weighted by molar-refractivity contribution is 5.13. The highest BCUT2D eigenvalue weighted by Gasteiger charge is 2.23. The van der Waals surface area contributed by atoms with Gasteiger partial charge >= 0.3 is 0 Å². The molecule has 0 radical (unpaired) electrons. The summed E-state index contributed by atoms with van der Waals surface area (Å²) in [4.78, 5) is 2.37. The van der Waals surface area contributed by atoms with E-state index in [1.54, 1.807) is 0 Å². The van der Waals surface area contributed by atoms with Crippen molar-refractivity contribution in [3.63, 3.8) is 0 Å². The molecule has 3 nitrogen and oxygen atoms in total. The zero-order valence-corrected chi connectivity index (χ0v) is 12.7. The van der Waals surface area contributed by atoms with Crippen LogP contribution in [0.4, 0.5) is 0 Å². The molecular weight excluding hydrogens is 250 g/mol. The maximum absolute atomic E-state index is 10.1. The molecule has 0 bridgehead atoms. The molecule has 0 aliphatic carbocycles. The van der Waals surface area contributed by atoms with E-state index < -0.39 is 6.10 Å². The van der Waals surface area contributed by atoms with E-state index in [1.807, 2.05) is 30.3 Å². The van der Waals surface area contributed by atoms with Gasteiger partial charge in [0.05, 0.1) is 19.3 Å². The molecule has 20 heavy (non-hydrogen) atoms. The molecule has 0 aromatic heterocycles. The van der Waals surface area contributed by atoms with Crippen molar-refractivity contribution in [1.29, 1.82) is 0 Å². The average Bonchev–Trinajstić information content (AvgIpc) is 2.38. The standard InChI is InChI=1S/C17H27NO2/c1-14-8-15(2)10-18(9-14)11-17(19)13-20-12-16-6-4-3-5-7-16/h3-7,14-15,17,19H,8-13H2,1-2H3/t14-,15-,17+/m0/s1. The second-order valence-corrected chi connectivity index (χ2v) is 6.32. The van der Waals surface area contributed by atoms with Gasteiger partial charge in [0, 0.05) is 19.6 Å². The number of hydrogen-bond acceptors (Lipinski definition) is 3. The van der Waals surface area contributed by atoms with Crippen molar-refractivity contribution in [3.8, 4) is 0 Å². The summed E-state index contributed by atoms with van der Waals surface area (Å²) in [6, 6.07) is 10.1. The third-order valence-electron chi connectivity index (χ3n) is 3.84. The normalized spacial score (nSPS) is 25.6. The molecule has 0 saturated carbocycles. The van der Waals surface area contributed by atoms with Crippen LogP contribution in [0.3, 0.4) is 0 Å². The summed E-state index contributed by atoms with van der Waals surface area (Å²) in [6.45, 7) is 8.49. The number of piperidine rings is 1. The molecule has 112 valence electrons. The van der Waals surface area contributed by atoms with Gasteiger partial charge in [0.1, 0.15) is 0 Å². The Morgan fingerprint density at radius 2 is 1.85 bits per heavy atom. The molecule has 1 aromatic carbocycles. The third-order valence-corrected chi connectivity index (χ3v) is 3.84. The smallest absolute Gasteiger partial charge is 0.0900 e. The second kappa shape index (κ2) is 7.77. The first-order chi connectivity index (χ1) is 9.63. The Morgan fingerprint density at radius 1 is 1.20 bits per heavy atom. The lowest BCUT2D eigenvalue weighted by molar-refractivity contribution is -0.000893. The van der Waals surface area contributed by atoms with Gasteiger partial charge in [-0.3, -0.25) is 0 Å². The van der Waals surface area contributed by atoms with Crippen LogP contribution in [0.2, 0.25) is 0 Å². The second-order valence-electron chi connectivity index (χ2n) is 6.32. The van der Waals surface area contributed by atoms with Crippen molar-refractivity contribution in [2.75, 3.05) is 26.2 Å². The molecule has 0 unspecified atom stereocenters. The van der Waals surface area contributed by atoms with Crippen LogP contribution in [-0.4, -0.2) is 42.4 Å². The number of likely N-dealkylation sites (tertiary alicyclic amines) is 1. The lowest BCUT2D eigenvalue weighted by atomic mass is 9.92. The predicted molar refractivity (Wildman–Crippen MR) is 81.5 cm³/mol. The summed E-state index contributed by atoms with van der Waals surface area (Å²) in [5.74, 6) is 1.47. The van der Waals surface area contributed by atoms with E-state index in [4.69, 9.17) is 4.74 Å². The molecule has 2 rings (SSSR count). The number of nitrogens with zero attached hydrogens (tertiary/aromatic N) is 1. The number of aliphatic hydroxyl groups excluding tert-OH is 1. The van der Waals surface area contributed by atoms with E-state index in [9.17, 15) is 5.11 Å². The highest BCUT2D eigenvalue weighted by Crippen LogP contribution is 2.20. The fraction of sp³-hybridized carbons (Fsp3) is 0.647. The van der Waals surface area contributed by atoms with Crippen LogP contribution in [0.15, 0.2) is 30.3 Å². The third kappa shape index (κ3) is 5.23. The Morgan fingerprint density at radius 3 is 2.50 bits per heavy atom. The quantitative estimate of drug-likeness (QED) is 0.867. The van der Waals surface area contributed by atoms with Gasteiger partial charge in [0.15, 0.2) is 0 Å². The van der Waals surface area contributed by atoms with Crippen molar-refractivity contribution < 1.29 is 9.84 Å². The zero-order chi connectivity index (χ0) is 14.4. The summed E-state index contributed by atoms with van der Waals surface area (Å²) in [5, 5.41) is 10.1. The van der Waals surface area contributed by atoms with E-state index in [2.05, 4.69) is 18.7 Å². The topological polar surface area (TPSA) is 32.7 Å². The van der Waals surface area contributed by atoms with E-state index >= 15 is 0 Å². The van der Waals surface area contributed by atoms with Crippen LogP contribution in [-0.2, 0) is 11.3 Å². The fourth-order valence-electron chi connectivity index (χ4n) is 3.18. The Bertz CT molecular complexity index is 372. The molecule has 1 aliphatic heterocycles. The van der Waals surface area contributed by atoms with Crippen LogP contribution in [0.1, 0.15) is 25.8 Å². The van der Waals surface area contributed by atoms with Crippen molar-refractivity contribution in [2.24, 2.45) is 11.8 Å². The number of aliphatic hydroxyl groups is 1. The van der Waals surface area contributed by atoms with E-state index in [0.29, 0.717) is 13.2 Å². The molecule has 1 heterocycles. The monoisotopic (exact) mass is 277 g/mol. The molecule has 1 aromatic rings. The highest BCUT2D eigenvalue weighted by atomic mass is 16.5. The summed E-state index contributed by atoms with van der Waals surface area (Å²) >= 11 is 0. The first-order valence-electron chi connectivity index (χ1n) is 7.65. The van der Waals surface area contributed by atoms with E-state index in [0.717, 1.165) is 37.0 Å². The predicted octanol–water partition coefficient (Wildman–Crippen LogP) is 2.54. The van der Waals surface area contributed by atoms with Crippen molar-refractivity contribution >= 4 is 0 Å². The number of rotatable bonds is 6. The van der Waals surface area contributed by atoms with Crippen LogP contribution >= 0.6 is 0 Å². The lowest BCUT2D eigenvalue weighted by Gasteiger charge is -2.35. The molecule has 1 N–H and O–H groups in total. The summed E-state index contributed by atoms with van der Waals surface area (Å²) < 4.78 is 5.60. The first kappa shape index (κ1) is 15.5. The molecular formula is C17H27NO2. The minimum absolute atomic E-state index is 0.392. The van der Waals surface area contributed by atoms with Gasteiger partial charge in [-0.1, -0.05) is 44.2 Å². The maximum atomic E-state index is 10.1. The maximum Gasteiger partial charge on any atom is 0.0900 e. The van der Waals surface area contributed by atoms with E-state index in [1.165, 1.54) is 6.42 Å².